The molecule has 10 nitrogen and oxygen atoms in total. The maximum atomic E-state index is 13.3. The fourth-order valence-corrected chi connectivity index (χ4v) is 4.60. The summed E-state index contributed by atoms with van der Waals surface area (Å²) >= 11 is 1.57. The Hall–Kier alpha value is -3.83. The van der Waals surface area contributed by atoms with Crippen molar-refractivity contribution < 1.29 is 24.3 Å². The van der Waals surface area contributed by atoms with Crippen LogP contribution in [0.5, 0.6) is 0 Å². The van der Waals surface area contributed by atoms with Gasteiger partial charge in [0, 0.05) is 29.9 Å². The number of aromatic amines is 1. The van der Waals surface area contributed by atoms with E-state index >= 15 is 0 Å². The third kappa shape index (κ3) is 8.59. The number of amides is 3. The highest BCUT2D eigenvalue weighted by atomic mass is 32.2. The number of rotatable bonds is 14. The molecule has 0 saturated carbocycles. The first-order valence-corrected chi connectivity index (χ1v) is 14.1. The molecule has 3 aromatic rings. The number of hydrogen-bond donors (Lipinski definition) is 6. The van der Waals surface area contributed by atoms with E-state index in [9.17, 15) is 24.3 Å². The number of carbonyl (C=O) groups is 4. The summed E-state index contributed by atoms with van der Waals surface area (Å²) in [5.74, 6) is -2.19. The van der Waals surface area contributed by atoms with E-state index in [-0.39, 0.29) is 12.8 Å². The van der Waals surface area contributed by atoms with E-state index in [4.69, 9.17) is 5.73 Å². The van der Waals surface area contributed by atoms with Gasteiger partial charge in [0.2, 0.25) is 17.7 Å². The number of benzene rings is 2. The van der Waals surface area contributed by atoms with Crippen LogP contribution in [0.1, 0.15) is 24.5 Å². The molecule has 0 saturated heterocycles. The Labute approximate surface area is 231 Å². The molecular weight excluding hydrogens is 518 g/mol. The molecule has 1 heterocycles. The number of hydrogen-bond acceptors (Lipinski definition) is 6. The summed E-state index contributed by atoms with van der Waals surface area (Å²) in [7, 11) is 0. The minimum absolute atomic E-state index is 0.0930. The summed E-state index contributed by atoms with van der Waals surface area (Å²) in [6, 6.07) is 12.5. The largest absolute Gasteiger partial charge is 0.480 e. The quantitative estimate of drug-likeness (QED) is 0.176. The van der Waals surface area contributed by atoms with Crippen molar-refractivity contribution in [1.29, 1.82) is 0 Å². The lowest BCUT2D eigenvalue weighted by molar-refractivity contribution is -0.142. The summed E-state index contributed by atoms with van der Waals surface area (Å²) in [5.41, 5.74) is 8.48. The number of aromatic nitrogens is 1. The zero-order valence-corrected chi connectivity index (χ0v) is 22.8. The number of aliphatic carboxylic acids is 1. The third-order valence-electron chi connectivity index (χ3n) is 6.35. The molecule has 7 N–H and O–H groups in total. The molecule has 1 aromatic heterocycles. The van der Waals surface area contributed by atoms with Gasteiger partial charge in [-0.25, -0.2) is 4.79 Å². The molecule has 3 amide bonds. The van der Waals surface area contributed by atoms with E-state index in [1.807, 2.05) is 36.6 Å². The van der Waals surface area contributed by atoms with Crippen molar-refractivity contribution >= 4 is 46.4 Å². The minimum atomic E-state index is -1.19. The summed E-state index contributed by atoms with van der Waals surface area (Å²) < 4.78 is 0. The Kier molecular flexibility index (Phi) is 10.9. The van der Waals surface area contributed by atoms with Crippen LogP contribution in [-0.4, -0.2) is 70.0 Å². The van der Waals surface area contributed by atoms with Gasteiger partial charge in [-0.05, 0) is 42.5 Å². The highest BCUT2D eigenvalue weighted by Crippen LogP contribution is 2.19. The maximum Gasteiger partial charge on any atom is 0.326 e. The van der Waals surface area contributed by atoms with Gasteiger partial charge in [0.05, 0.1) is 6.04 Å². The fourth-order valence-electron chi connectivity index (χ4n) is 4.11. The van der Waals surface area contributed by atoms with Gasteiger partial charge in [-0.3, -0.25) is 14.4 Å². The van der Waals surface area contributed by atoms with Gasteiger partial charge in [-0.1, -0.05) is 48.5 Å². The number of H-pyrrole nitrogens is 1. The van der Waals surface area contributed by atoms with Gasteiger partial charge in [0.15, 0.2) is 0 Å². The normalized spacial score (nSPS) is 14.1. The van der Waals surface area contributed by atoms with E-state index in [0.29, 0.717) is 12.2 Å². The maximum absolute atomic E-state index is 13.3. The highest BCUT2D eigenvalue weighted by Gasteiger charge is 2.29. The van der Waals surface area contributed by atoms with Crippen LogP contribution in [0.25, 0.3) is 10.9 Å². The molecule has 39 heavy (non-hydrogen) atoms. The minimum Gasteiger partial charge on any atom is -0.480 e. The summed E-state index contributed by atoms with van der Waals surface area (Å²) in [6.45, 7) is 1.46. The SMILES string of the molecule is CSCCC(N)C(=O)NC(Cc1c[nH]c2ccccc12)C(=O)NC(C)C(=O)NC(Cc1ccccc1)C(=O)O. The predicted octanol–water partition coefficient (Wildman–Crippen LogP) is 1.59. The number of para-hydroxylation sites is 1. The second kappa shape index (κ2) is 14.4. The van der Waals surface area contributed by atoms with E-state index in [2.05, 4.69) is 20.9 Å². The molecular formula is C28H35N5O5S. The molecule has 4 unspecified atom stereocenters. The molecule has 4 atom stereocenters. The summed E-state index contributed by atoms with van der Waals surface area (Å²) in [4.78, 5) is 53.9. The molecule has 11 heteroatoms. The second-order valence-electron chi connectivity index (χ2n) is 9.33. The van der Waals surface area contributed by atoms with E-state index in [1.54, 1.807) is 42.2 Å². The number of thioether (sulfide) groups is 1. The Balaban J connectivity index is 1.71. The van der Waals surface area contributed by atoms with Crippen molar-refractivity contribution in [3.05, 3.63) is 71.9 Å². The Morgan fingerprint density at radius 1 is 0.897 bits per heavy atom. The molecule has 2 aromatic carbocycles. The number of carboxylic acids is 1. The van der Waals surface area contributed by atoms with Crippen LogP contribution < -0.4 is 21.7 Å². The lowest BCUT2D eigenvalue weighted by Crippen LogP contribution is -2.57. The summed E-state index contributed by atoms with van der Waals surface area (Å²) in [6.07, 6.45) is 4.40. The third-order valence-corrected chi connectivity index (χ3v) is 6.99. The first-order chi connectivity index (χ1) is 18.7. The molecule has 3 rings (SSSR count). The van der Waals surface area contributed by atoms with Gasteiger partial charge in [0.25, 0.3) is 0 Å². The molecule has 0 fully saturated rings. The predicted molar refractivity (Wildman–Crippen MR) is 152 cm³/mol. The smallest absolute Gasteiger partial charge is 0.326 e. The van der Waals surface area contributed by atoms with Gasteiger partial charge < -0.3 is 31.8 Å². The zero-order chi connectivity index (χ0) is 28.4. The number of carbonyl (C=O) groups excluding carboxylic acids is 3. The first-order valence-electron chi connectivity index (χ1n) is 12.7. The molecule has 0 aliphatic heterocycles. The highest BCUT2D eigenvalue weighted by molar-refractivity contribution is 7.98. The Bertz CT molecular complexity index is 1280. The Morgan fingerprint density at radius 2 is 1.56 bits per heavy atom. The molecule has 208 valence electrons. The summed E-state index contributed by atoms with van der Waals surface area (Å²) in [5, 5.41) is 18.4. The molecule has 0 radical (unpaired) electrons. The molecule has 0 aliphatic rings. The first kappa shape index (κ1) is 29.7. The standard InChI is InChI=1S/C28H35N5O5S/c1-17(25(34)33-24(28(37)38)14-18-8-4-3-5-9-18)31-27(36)23(32-26(35)21(29)12-13-39-2)15-19-16-30-22-11-7-6-10-20(19)22/h3-11,16-17,21,23-24,30H,12-15,29H2,1-2H3,(H,31,36)(H,32,35)(H,33,34)(H,37,38). The van der Waals surface area contributed by atoms with Crippen LogP contribution in [0.15, 0.2) is 60.8 Å². The Morgan fingerprint density at radius 3 is 2.26 bits per heavy atom. The van der Waals surface area contributed by atoms with Crippen molar-refractivity contribution in [3.8, 4) is 0 Å². The van der Waals surface area contributed by atoms with Crippen LogP contribution in [-0.2, 0) is 32.0 Å². The lowest BCUT2D eigenvalue weighted by atomic mass is 10.0. The number of fused-ring (bicyclic) bond motifs is 1. The fraction of sp³-hybridized carbons (Fsp3) is 0.357. The molecule has 0 spiro atoms. The van der Waals surface area contributed by atoms with Crippen LogP contribution >= 0.6 is 11.8 Å². The van der Waals surface area contributed by atoms with Gasteiger partial charge in [-0.2, -0.15) is 11.8 Å². The van der Waals surface area contributed by atoms with Crippen molar-refractivity contribution in [2.45, 2.75) is 50.4 Å². The second-order valence-corrected chi connectivity index (χ2v) is 10.3. The van der Waals surface area contributed by atoms with Gasteiger partial charge in [0.1, 0.15) is 18.1 Å². The molecule has 0 bridgehead atoms. The van der Waals surface area contributed by atoms with Crippen LogP contribution in [0.2, 0.25) is 0 Å². The van der Waals surface area contributed by atoms with Crippen LogP contribution in [0.4, 0.5) is 0 Å². The van der Waals surface area contributed by atoms with E-state index in [0.717, 1.165) is 22.0 Å². The topological polar surface area (TPSA) is 166 Å². The lowest BCUT2D eigenvalue weighted by Gasteiger charge is -2.23. The van der Waals surface area contributed by atoms with Crippen molar-refractivity contribution in [2.75, 3.05) is 12.0 Å². The van der Waals surface area contributed by atoms with Gasteiger partial charge in [-0.15, -0.1) is 0 Å². The van der Waals surface area contributed by atoms with Crippen molar-refractivity contribution in [1.82, 2.24) is 20.9 Å². The van der Waals surface area contributed by atoms with Crippen molar-refractivity contribution in [3.63, 3.8) is 0 Å². The average Bonchev–Trinajstić information content (AvgIpc) is 3.33. The van der Waals surface area contributed by atoms with Gasteiger partial charge >= 0.3 is 5.97 Å². The number of carboxylic acid groups (broad SMARTS) is 1. The number of nitrogens with two attached hydrogens (primary N) is 1. The van der Waals surface area contributed by atoms with Crippen LogP contribution in [0, 0.1) is 0 Å². The van der Waals surface area contributed by atoms with Crippen molar-refractivity contribution in [2.24, 2.45) is 5.73 Å². The van der Waals surface area contributed by atoms with E-state index in [1.165, 1.54) is 6.92 Å². The zero-order valence-electron chi connectivity index (χ0n) is 22.0. The average molecular weight is 554 g/mol. The monoisotopic (exact) mass is 553 g/mol. The number of nitrogens with one attached hydrogen (secondary N) is 4. The molecule has 0 aliphatic carbocycles. The van der Waals surface area contributed by atoms with Crippen LogP contribution in [0.3, 0.4) is 0 Å². The van der Waals surface area contributed by atoms with E-state index < -0.39 is 47.9 Å².